The minimum Gasteiger partial charge on any atom is -0.496 e. The van der Waals surface area contributed by atoms with E-state index in [2.05, 4.69) is 0 Å². The van der Waals surface area contributed by atoms with Crippen molar-refractivity contribution in [2.45, 2.75) is 12.3 Å². The predicted molar refractivity (Wildman–Crippen MR) is 55.6 cm³/mol. The standard InChI is InChI=1S/C10H10ClF3O3/c1-16-7-4-6(11)8(17-2)3-5(7)9(15)10(12,13)14/h3-4,9,15H,1-2H3. The lowest BCUT2D eigenvalue weighted by molar-refractivity contribution is -0.207. The van der Waals surface area contributed by atoms with Crippen molar-refractivity contribution in [3.8, 4) is 11.5 Å². The molecule has 0 amide bonds. The maximum Gasteiger partial charge on any atom is 0.418 e. The van der Waals surface area contributed by atoms with Crippen LogP contribution in [-0.2, 0) is 0 Å². The largest absolute Gasteiger partial charge is 0.496 e. The van der Waals surface area contributed by atoms with Crippen LogP contribution in [0, 0.1) is 0 Å². The van der Waals surface area contributed by atoms with E-state index in [1.165, 1.54) is 14.2 Å². The monoisotopic (exact) mass is 270 g/mol. The molecule has 0 aromatic heterocycles. The van der Waals surface area contributed by atoms with Crippen LogP contribution in [0.25, 0.3) is 0 Å². The van der Waals surface area contributed by atoms with E-state index in [0.29, 0.717) is 0 Å². The van der Waals surface area contributed by atoms with Gasteiger partial charge in [-0.05, 0) is 6.07 Å². The van der Waals surface area contributed by atoms with Crippen molar-refractivity contribution >= 4 is 11.6 Å². The molecule has 1 unspecified atom stereocenters. The molecule has 1 rings (SSSR count). The zero-order valence-electron chi connectivity index (χ0n) is 9.01. The average molecular weight is 271 g/mol. The Balaban J connectivity index is 3.30. The number of hydrogen-bond acceptors (Lipinski definition) is 3. The second-order valence-corrected chi connectivity index (χ2v) is 3.58. The molecule has 0 aliphatic heterocycles. The lowest BCUT2D eigenvalue weighted by Crippen LogP contribution is -2.20. The highest BCUT2D eigenvalue weighted by molar-refractivity contribution is 6.32. The summed E-state index contributed by atoms with van der Waals surface area (Å²) in [6, 6.07) is 2.16. The van der Waals surface area contributed by atoms with Crippen LogP contribution in [0.5, 0.6) is 11.5 Å². The summed E-state index contributed by atoms with van der Waals surface area (Å²) in [5.41, 5.74) is -0.443. The van der Waals surface area contributed by atoms with E-state index in [4.69, 9.17) is 21.1 Å². The lowest BCUT2D eigenvalue weighted by Gasteiger charge is -2.18. The maximum absolute atomic E-state index is 12.4. The molecule has 1 aromatic carbocycles. The maximum atomic E-state index is 12.4. The number of aliphatic hydroxyl groups is 1. The number of methoxy groups -OCH3 is 2. The fraction of sp³-hybridized carbons (Fsp3) is 0.400. The Labute approximate surface area is 101 Å². The number of ether oxygens (including phenoxy) is 2. The van der Waals surface area contributed by atoms with E-state index >= 15 is 0 Å². The van der Waals surface area contributed by atoms with E-state index in [0.717, 1.165) is 12.1 Å². The molecule has 0 bridgehead atoms. The van der Waals surface area contributed by atoms with Gasteiger partial charge in [0.1, 0.15) is 11.5 Å². The minimum atomic E-state index is -4.79. The summed E-state index contributed by atoms with van der Waals surface area (Å²) in [5, 5.41) is 9.28. The van der Waals surface area contributed by atoms with Crippen molar-refractivity contribution in [3.63, 3.8) is 0 Å². The van der Waals surface area contributed by atoms with Gasteiger partial charge in [0.15, 0.2) is 6.10 Å². The van der Waals surface area contributed by atoms with Crippen LogP contribution in [0.2, 0.25) is 5.02 Å². The van der Waals surface area contributed by atoms with Gasteiger partial charge in [-0.3, -0.25) is 0 Å². The molecule has 1 N–H and O–H groups in total. The molecular weight excluding hydrogens is 261 g/mol. The van der Waals surface area contributed by atoms with Crippen LogP contribution in [-0.4, -0.2) is 25.5 Å². The number of alkyl halides is 3. The third-order valence-electron chi connectivity index (χ3n) is 2.11. The van der Waals surface area contributed by atoms with E-state index < -0.39 is 17.8 Å². The van der Waals surface area contributed by atoms with Gasteiger partial charge in [-0.2, -0.15) is 13.2 Å². The van der Waals surface area contributed by atoms with Crippen molar-refractivity contribution in [2.75, 3.05) is 14.2 Å². The summed E-state index contributed by atoms with van der Waals surface area (Å²) in [4.78, 5) is 0. The number of halogens is 4. The molecule has 1 atom stereocenters. The van der Waals surface area contributed by atoms with Crippen LogP contribution in [0.1, 0.15) is 11.7 Å². The predicted octanol–water partition coefficient (Wildman–Crippen LogP) is 2.95. The van der Waals surface area contributed by atoms with E-state index in [-0.39, 0.29) is 16.5 Å². The van der Waals surface area contributed by atoms with Crippen LogP contribution < -0.4 is 9.47 Å². The molecule has 0 fully saturated rings. The smallest absolute Gasteiger partial charge is 0.418 e. The van der Waals surface area contributed by atoms with Gasteiger partial charge >= 0.3 is 6.18 Å². The fourth-order valence-corrected chi connectivity index (χ4v) is 1.50. The lowest BCUT2D eigenvalue weighted by atomic mass is 10.1. The summed E-state index contributed by atoms with van der Waals surface area (Å²) in [5.74, 6) is -0.119. The number of benzene rings is 1. The molecule has 0 aliphatic carbocycles. The molecule has 96 valence electrons. The molecule has 0 heterocycles. The minimum absolute atomic E-state index is 0.0331. The second-order valence-electron chi connectivity index (χ2n) is 3.17. The summed E-state index contributed by atoms with van der Waals surface area (Å²) >= 11 is 5.73. The Morgan fingerprint density at radius 3 is 2.12 bits per heavy atom. The first kappa shape index (κ1) is 13.9. The molecule has 17 heavy (non-hydrogen) atoms. The number of hydrogen-bond donors (Lipinski definition) is 1. The highest BCUT2D eigenvalue weighted by atomic mass is 35.5. The first-order chi connectivity index (χ1) is 7.81. The fourth-order valence-electron chi connectivity index (χ4n) is 1.27. The van der Waals surface area contributed by atoms with Crippen molar-refractivity contribution in [3.05, 3.63) is 22.7 Å². The second kappa shape index (κ2) is 5.01. The zero-order chi connectivity index (χ0) is 13.2. The SMILES string of the molecule is COc1cc(C(O)C(F)(F)F)c(OC)cc1Cl. The van der Waals surface area contributed by atoms with Crippen molar-refractivity contribution in [2.24, 2.45) is 0 Å². The summed E-state index contributed by atoms with van der Waals surface area (Å²) in [7, 11) is 2.45. The molecule has 0 saturated heterocycles. The van der Waals surface area contributed by atoms with Crippen LogP contribution in [0.15, 0.2) is 12.1 Å². The van der Waals surface area contributed by atoms with Crippen molar-refractivity contribution < 1.29 is 27.8 Å². The van der Waals surface area contributed by atoms with E-state index in [1.807, 2.05) is 0 Å². The Morgan fingerprint density at radius 2 is 1.71 bits per heavy atom. The summed E-state index contributed by atoms with van der Waals surface area (Å²) in [6.45, 7) is 0. The highest BCUT2D eigenvalue weighted by Crippen LogP contribution is 2.41. The summed E-state index contributed by atoms with van der Waals surface area (Å²) < 4.78 is 46.7. The number of aliphatic hydroxyl groups excluding tert-OH is 1. The van der Waals surface area contributed by atoms with E-state index in [1.54, 1.807) is 0 Å². The molecule has 0 spiro atoms. The van der Waals surface area contributed by atoms with Gasteiger partial charge in [-0.1, -0.05) is 11.6 Å². The molecule has 1 aromatic rings. The van der Waals surface area contributed by atoms with Crippen LogP contribution >= 0.6 is 11.6 Å². The topological polar surface area (TPSA) is 38.7 Å². The first-order valence-electron chi connectivity index (χ1n) is 4.47. The molecule has 0 radical (unpaired) electrons. The molecule has 3 nitrogen and oxygen atoms in total. The van der Waals surface area contributed by atoms with Gasteiger partial charge in [0.05, 0.1) is 19.2 Å². The molecular formula is C10H10ClF3O3. The Hall–Kier alpha value is -1.14. The molecule has 7 heteroatoms. The van der Waals surface area contributed by atoms with Gasteiger partial charge in [0, 0.05) is 11.6 Å². The van der Waals surface area contributed by atoms with Crippen molar-refractivity contribution in [1.82, 2.24) is 0 Å². The third kappa shape index (κ3) is 2.95. The Kier molecular flexibility index (Phi) is 4.11. The Bertz CT molecular complexity index is 407. The highest BCUT2D eigenvalue weighted by Gasteiger charge is 2.41. The first-order valence-corrected chi connectivity index (χ1v) is 4.85. The number of rotatable bonds is 3. The van der Waals surface area contributed by atoms with Crippen LogP contribution in [0.4, 0.5) is 13.2 Å². The third-order valence-corrected chi connectivity index (χ3v) is 2.40. The molecule has 0 aliphatic rings. The van der Waals surface area contributed by atoms with Gasteiger partial charge < -0.3 is 14.6 Å². The Morgan fingerprint density at radius 1 is 1.18 bits per heavy atom. The normalized spacial score (nSPS) is 13.4. The zero-order valence-corrected chi connectivity index (χ0v) is 9.76. The van der Waals surface area contributed by atoms with Crippen LogP contribution in [0.3, 0.4) is 0 Å². The van der Waals surface area contributed by atoms with Crippen molar-refractivity contribution in [1.29, 1.82) is 0 Å². The van der Waals surface area contributed by atoms with E-state index in [9.17, 15) is 18.3 Å². The van der Waals surface area contributed by atoms with Gasteiger partial charge in [0.2, 0.25) is 0 Å². The summed E-state index contributed by atoms with van der Waals surface area (Å²) in [6.07, 6.45) is -7.44. The van der Waals surface area contributed by atoms with Gasteiger partial charge in [0.25, 0.3) is 0 Å². The van der Waals surface area contributed by atoms with Gasteiger partial charge in [-0.25, -0.2) is 0 Å². The van der Waals surface area contributed by atoms with Gasteiger partial charge in [-0.15, -0.1) is 0 Å². The molecule has 0 saturated carbocycles. The quantitative estimate of drug-likeness (QED) is 0.918. The average Bonchev–Trinajstić information content (AvgIpc) is 2.26.